The Kier molecular flexibility index (Phi) is 3.35. The fourth-order valence-electron chi connectivity index (χ4n) is 1.58. The first-order chi connectivity index (χ1) is 5.45. The van der Waals surface area contributed by atoms with Crippen LogP contribution in [0.3, 0.4) is 0 Å². The first-order valence-corrected chi connectivity index (χ1v) is 11.3. The molecule has 0 aromatic rings. The second-order valence-corrected chi connectivity index (χ2v) is 7.78. The van der Waals surface area contributed by atoms with Crippen LogP contribution in [-0.4, -0.2) is 6.18 Å². The van der Waals surface area contributed by atoms with Gasteiger partial charge in [-0.3, -0.25) is 0 Å². The van der Waals surface area contributed by atoms with E-state index in [2.05, 4.69) is 0 Å². The van der Waals surface area contributed by atoms with Gasteiger partial charge in [0.1, 0.15) is 0 Å². The van der Waals surface area contributed by atoms with Gasteiger partial charge in [0.05, 0.1) is 5.41 Å². The van der Waals surface area contributed by atoms with Gasteiger partial charge in [0.25, 0.3) is 0 Å². The van der Waals surface area contributed by atoms with Crippen LogP contribution in [0.4, 0.5) is 13.2 Å². The van der Waals surface area contributed by atoms with Crippen molar-refractivity contribution in [3.8, 4) is 0 Å². The minimum atomic E-state index is -3.92. The Labute approximate surface area is 84.5 Å². The van der Waals surface area contributed by atoms with Crippen molar-refractivity contribution in [1.82, 2.24) is 0 Å². The molecule has 0 atom stereocenters. The predicted octanol–water partition coefficient (Wildman–Crippen LogP) is 3.68. The Bertz CT molecular complexity index is 154. The average molecular weight is 271 g/mol. The zero-order valence-electron chi connectivity index (χ0n) is 6.22. The average Bonchev–Trinajstić information content (AvgIpc) is 1.49. The topological polar surface area (TPSA) is 0 Å². The molecule has 0 unspecified atom stereocenters. The van der Waals surface area contributed by atoms with Gasteiger partial charge >= 0.3 is 40.7 Å². The quantitative estimate of drug-likeness (QED) is 0.590. The van der Waals surface area contributed by atoms with Gasteiger partial charge in [0, 0.05) is 0 Å². The summed E-state index contributed by atoms with van der Waals surface area (Å²) < 4.78 is 35.7. The first-order valence-electron chi connectivity index (χ1n) is 3.47. The standard InChI is InChI=1S/C6H6F3.2ClH.Zn/c7-6(8,9)5-1-4(2-5)3-5;;;/h1-3H2;2*1H;/q;;;+2/p-2. The van der Waals surface area contributed by atoms with Crippen LogP contribution < -0.4 is 0 Å². The summed E-state index contributed by atoms with van der Waals surface area (Å²) in [5.41, 5.74) is -1.23. The van der Waals surface area contributed by atoms with Crippen LogP contribution in [0.1, 0.15) is 19.3 Å². The van der Waals surface area contributed by atoms with Gasteiger partial charge in [-0.1, -0.05) is 0 Å². The summed E-state index contributed by atoms with van der Waals surface area (Å²) in [4.78, 5) is 0. The molecule has 2 bridgehead atoms. The van der Waals surface area contributed by atoms with Crippen LogP contribution in [0, 0.1) is 11.3 Å². The summed E-state index contributed by atoms with van der Waals surface area (Å²) in [7, 11) is 9.90. The fraction of sp³-hybridized carbons (Fsp3) is 0.833. The molecular formula is C6H6Cl2F3Zn. The van der Waals surface area contributed by atoms with Crippen molar-refractivity contribution in [2.75, 3.05) is 0 Å². The van der Waals surface area contributed by atoms with Crippen LogP contribution in [0.5, 0.6) is 0 Å². The van der Waals surface area contributed by atoms with E-state index >= 15 is 0 Å². The number of alkyl halides is 3. The Morgan fingerprint density at radius 3 is 1.50 bits per heavy atom. The summed E-state index contributed by atoms with van der Waals surface area (Å²) in [6.07, 6.45) is -2.93. The molecule has 3 saturated carbocycles. The predicted molar refractivity (Wildman–Crippen MR) is 37.3 cm³/mol. The van der Waals surface area contributed by atoms with Gasteiger partial charge in [-0.15, -0.1) is 0 Å². The third-order valence-corrected chi connectivity index (χ3v) is 2.37. The van der Waals surface area contributed by atoms with Gasteiger partial charge < -0.3 is 0 Å². The number of hydrogen-bond acceptors (Lipinski definition) is 0. The zero-order valence-corrected chi connectivity index (χ0v) is 10.7. The van der Waals surface area contributed by atoms with Gasteiger partial charge in [-0.2, -0.15) is 13.2 Å². The van der Waals surface area contributed by atoms with E-state index in [0.717, 1.165) is 5.92 Å². The molecule has 0 aromatic carbocycles. The normalized spacial score (nSPS) is 24.1. The Balaban J connectivity index is 0.000000213. The van der Waals surface area contributed by atoms with Crippen molar-refractivity contribution in [2.24, 2.45) is 5.41 Å². The van der Waals surface area contributed by atoms with Crippen LogP contribution >= 0.6 is 19.4 Å². The molecule has 3 aliphatic carbocycles. The van der Waals surface area contributed by atoms with Crippen molar-refractivity contribution in [3.05, 3.63) is 5.92 Å². The Morgan fingerprint density at radius 2 is 1.50 bits per heavy atom. The van der Waals surface area contributed by atoms with E-state index < -0.39 is 26.7 Å². The van der Waals surface area contributed by atoms with Gasteiger partial charge in [0.2, 0.25) is 0 Å². The van der Waals surface area contributed by atoms with Crippen molar-refractivity contribution < 1.29 is 28.3 Å². The number of rotatable bonds is 0. The summed E-state index contributed by atoms with van der Waals surface area (Å²) in [6, 6.07) is 0. The van der Waals surface area contributed by atoms with Crippen molar-refractivity contribution in [3.63, 3.8) is 0 Å². The molecule has 6 heteroatoms. The van der Waals surface area contributed by atoms with Crippen molar-refractivity contribution >= 4 is 19.4 Å². The molecule has 0 heterocycles. The molecule has 12 heavy (non-hydrogen) atoms. The molecule has 0 aromatic heterocycles. The summed E-state index contributed by atoms with van der Waals surface area (Å²) in [5.74, 6) is 1.10. The molecule has 3 rings (SSSR count). The molecule has 67 valence electrons. The second-order valence-electron chi connectivity index (χ2n) is 3.16. The van der Waals surface area contributed by atoms with E-state index in [9.17, 15) is 13.2 Å². The zero-order chi connectivity index (χ0) is 9.41. The molecule has 0 nitrogen and oxygen atoms in total. The molecule has 0 aliphatic heterocycles. The summed E-state index contributed by atoms with van der Waals surface area (Å²) in [5, 5.41) is 0. The monoisotopic (exact) mass is 269 g/mol. The molecule has 0 N–H and O–H groups in total. The maximum atomic E-state index is 11.9. The molecule has 3 aliphatic rings. The van der Waals surface area contributed by atoms with E-state index in [1.165, 1.54) is 0 Å². The molecular weight excluding hydrogens is 265 g/mol. The van der Waals surface area contributed by atoms with E-state index in [1.807, 2.05) is 0 Å². The molecule has 0 saturated heterocycles. The van der Waals surface area contributed by atoms with E-state index in [1.54, 1.807) is 0 Å². The Morgan fingerprint density at radius 1 is 1.17 bits per heavy atom. The van der Waals surface area contributed by atoms with Gasteiger partial charge in [-0.25, -0.2) is 0 Å². The van der Waals surface area contributed by atoms with Crippen LogP contribution in [0.2, 0.25) is 0 Å². The molecule has 0 amide bonds. The van der Waals surface area contributed by atoms with Gasteiger partial charge in [-0.05, 0) is 25.2 Å². The molecule has 0 spiro atoms. The maximum absolute atomic E-state index is 11.9. The van der Waals surface area contributed by atoms with Crippen LogP contribution in [-0.2, 0) is 15.1 Å². The number of halogens is 5. The number of hydrogen-bond donors (Lipinski definition) is 0. The Hall–Kier alpha value is 0.993. The third kappa shape index (κ3) is 1.76. The van der Waals surface area contributed by atoms with Crippen LogP contribution in [0.25, 0.3) is 0 Å². The van der Waals surface area contributed by atoms with E-state index in [-0.39, 0.29) is 0 Å². The van der Waals surface area contributed by atoms with Crippen molar-refractivity contribution in [1.29, 1.82) is 0 Å². The van der Waals surface area contributed by atoms with Crippen molar-refractivity contribution in [2.45, 2.75) is 25.4 Å². The summed E-state index contributed by atoms with van der Waals surface area (Å²) >= 11 is -0.931. The van der Waals surface area contributed by atoms with Gasteiger partial charge in [0.15, 0.2) is 0 Å². The van der Waals surface area contributed by atoms with E-state index in [0.29, 0.717) is 19.3 Å². The van der Waals surface area contributed by atoms with Crippen LogP contribution in [0.15, 0.2) is 0 Å². The first kappa shape index (κ1) is 11.1. The summed E-state index contributed by atoms with van der Waals surface area (Å²) in [6.45, 7) is 0. The van der Waals surface area contributed by atoms with E-state index in [4.69, 9.17) is 19.4 Å². The molecule has 3 fully saturated rings. The fourth-order valence-corrected chi connectivity index (χ4v) is 1.58. The SMILES string of the molecule is FC(F)(F)C12C[C](C1)C2.[Cl][Zn][Cl]. The molecule has 1 radical (unpaired) electrons. The second kappa shape index (κ2) is 3.63. The minimum absolute atomic E-state index is 0.330. The third-order valence-electron chi connectivity index (χ3n) is 2.37.